The molecule has 0 aromatic rings. The van der Waals surface area contributed by atoms with Crippen LogP contribution in [0.5, 0.6) is 0 Å². The van der Waals surface area contributed by atoms with E-state index in [2.05, 4.69) is 17.6 Å². The summed E-state index contributed by atoms with van der Waals surface area (Å²) in [5.74, 6) is -0.903. The fourth-order valence-electron chi connectivity index (χ4n) is 4.59. The summed E-state index contributed by atoms with van der Waals surface area (Å²) in [6.07, 6.45) is 20.7. The van der Waals surface area contributed by atoms with E-state index in [1.165, 1.54) is 64.2 Å². The van der Waals surface area contributed by atoms with Crippen LogP contribution in [0.1, 0.15) is 142 Å². The highest BCUT2D eigenvalue weighted by Gasteiger charge is 2.27. The van der Waals surface area contributed by atoms with E-state index in [0.717, 1.165) is 38.5 Å². The van der Waals surface area contributed by atoms with Crippen molar-refractivity contribution >= 4 is 42.6 Å². The Kier molecular flexibility index (Phi) is 35.2. The van der Waals surface area contributed by atoms with Gasteiger partial charge in [-0.1, -0.05) is 84.0 Å². The Hall–Kier alpha value is -1.09. The highest BCUT2D eigenvalue weighted by molar-refractivity contribution is 5.90. The van der Waals surface area contributed by atoms with Gasteiger partial charge in [0.15, 0.2) is 0 Å². The first kappa shape index (κ1) is 43.4. The third-order valence-electron chi connectivity index (χ3n) is 6.94. The van der Waals surface area contributed by atoms with Crippen molar-refractivity contribution in [3.8, 4) is 0 Å². The number of unbranched alkanes of at least 4 members (excludes halogenated alkanes) is 14. The summed E-state index contributed by atoms with van der Waals surface area (Å²) in [6, 6.07) is -1.41. The number of nitrogens with one attached hydrogen (secondary N) is 2. The lowest BCUT2D eigenvalue weighted by Gasteiger charge is -2.22. The molecule has 10 heteroatoms. The minimum atomic E-state index is -0.732. The van der Waals surface area contributed by atoms with Gasteiger partial charge in [-0.05, 0) is 65.0 Å². The van der Waals surface area contributed by atoms with Crippen LogP contribution in [0.15, 0.2) is 0 Å². The summed E-state index contributed by atoms with van der Waals surface area (Å²) in [6.45, 7) is 5.30. The van der Waals surface area contributed by atoms with Gasteiger partial charge in [0.05, 0.1) is 6.61 Å². The lowest BCUT2D eigenvalue weighted by molar-refractivity contribution is -0.148. The van der Waals surface area contributed by atoms with Crippen molar-refractivity contribution in [3.63, 3.8) is 0 Å². The fourth-order valence-corrected chi connectivity index (χ4v) is 4.59. The van der Waals surface area contributed by atoms with Gasteiger partial charge in [-0.25, -0.2) is 4.79 Å². The van der Waals surface area contributed by atoms with Crippen molar-refractivity contribution < 1.29 is 19.1 Å². The molecule has 0 spiro atoms. The Balaban J connectivity index is -0.00000684. The van der Waals surface area contributed by atoms with Gasteiger partial charge < -0.3 is 26.8 Å². The predicted octanol–water partition coefficient (Wildman–Crippen LogP) is 6.10. The molecule has 0 aliphatic carbocycles. The van der Waals surface area contributed by atoms with Crippen LogP contribution in [-0.2, 0) is 19.1 Å². The van der Waals surface area contributed by atoms with Crippen LogP contribution in [0.3, 0.4) is 0 Å². The van der Waals surface area contributed by atoms with E-state index >= 15 is 0 Å². The van der Waals surface area contributed by atoms with Gasteiger partial charge in [-0.15, -0.1) is 24.8 Å². The summed E-state index contributed by atoms with van der Waals surface area (Å²) in [5.41, 5.74) is 11.2. The highest BCUT2D eigenvalue weighted by atomic mass is 35.5. The number of carbonyl (C=O) groups excluding carboxylic acids is 3. The smallest absolute Gasteiger partial charge is 0.328 e. The molecular formula is C30H62Cl2N4O4. The first-order chi connectivity index (χ1) is 18.5. The molecular weight excluding hydrogens is 551 g/mol. The fraction of sp³-hybridized carbons (Fsp3) is 0.900. The molecule has 0 aromatic carbocycles. The lowest BCUT2D eigenvalue weighted by atomic mass is 10.0. The van der Waals surface area contributed by atoms with Gasteiger partial charge in [0.25, 0.3) is 0 Å². The Bertz CT molecular complexity index is 600. The van der Waals surface area contributed by atoms with Crippen LogP contribution in [0.2, 0.25) is 0 Å². The van der Waals surface area contributed by atoms with Gasteiger partial charge in [0.1, 0.15) is 12.1 Å². The molecule has 0 aliphatic heterocycles. The number of carbonyl (C=O) groups is 3. The van der Waals surface area contributed by atoms with Gasteiger partial charge >= 0.3 is 5.97 Å². The molecule has 0 unspecified atom stereocenters. The third kappa shape index (κ3) is 25.8. The van der Waals surface area contributed by atoms with Gasteiger partial charge in [-0.3, -0.25) is 9.59 Å². The molecule has 2 atom stereocenters. The maximum atomic E-state index is 13.0. The second kappa shape index (κ2) is 32.4. The molecule has 0 aliphatic rings. The molecule has 0 saturated carbocycles. The van der Waals surface area contributed by atoms with E-state index in [-0.39, 0.29) is 43.2 Å². The minimum absolute atomic E-state index is 0. The zero-order valence-electron chi connectivity index (χ0n) is 25.5. The number of halogens is 2. The third-order valence-corrected chi connectivity index (χ3v) is 6.94. The first-order valence-corrected chi connectivity index (χ1v) is 15.7. The lowest BCUT2D eigenvalue weighted by Crippen LogP contribution is -2.52. The molecule has 40 heavy (non-hydrogen) atoms. The monoisotopic (exact) mass is 612 g/mol. The summed E-state index contributed by atoms with van der Waals surface area (Å²) in [4.78, 5) is 38.0. The summed E-state index contributed by atoms with van der Waals surface area (Å²) >= 11 is 0. The van der Waals surface area contributed by atoms with Crippen LogP contribution in [0, 0.1) is 0 Å². The maximum Gasteiger partial charge on any atom is 0.328 e. The maximum absolute atomic E-state index is 13.0. The van der Waals surface area contributed by atoms with E-state index in [0.29, 0.717) is 38.8 Å². The number of nitrogens with two attached hydrogens (primary N) is 2. The number of ether oxygens (including phenoxy) is 1. The number of hydrogen-bond donors (Lipinski definition) is 4. The van der Waals surface area contributed by atoms with Gasteiger partial charge in [0.2, 0.25) is 11.8 Å². The minimum Gasteiger partial charge on any atom is -0.464 e. The SMILES string of the molecule is CCCCCCCCCCCCCCCC(=O)N[C@@H](CCCCN)C(=O)N[C@@H](CCCCN)C(=O)OCC.Cl.Cl. The summed E-state index contributed by atoms with van der Waals surface area (Å²) < 4.78 is 5.14. The molecule has 0 bridgehead atoms. The van der Waals surface area contributed by atoms with Crippen molar-refractivity contribution in [2.75, 3.05) is 19.7 Å². The second-order valence-electron chi connectivity index (χ2n) is 10.5. The molecule has 8 nitrogen and oxygen atoms in total. The van der Waals surface area contributed by atoms with Crippen LogP contribution in [0.25, 0.3) is 0 Å². The van der Waals surface area contributed by atoms with Crippen molar-refractivity contribution in [2.24, 2.45) is 11.5 Å². The molecule has 6 N–H and O–H groups in total. The molecule has 0 heterocycles. The normalized spacial score (nSPS) is 12.0. The average Bonchev–Trinajstić information content (AvgIpc) is 2.90. The number of amides is 2. The molecule has 0 aromatic heterocycles. The molecule has 0 saturated heterocycles. The van der Waals surface area contributed by atoms with Gasteiger partial charge in [-0.2, -0.15) is 0 Å². The van der Waals surface area contributed by atoms with Crippen molar-refractivity contribution in [1.82, 2.24) is 10.6 Å². The van der Waals surface area contributed by atoms with Crippen LogP contribution >= 0.6 is 24.8 Å². The van der Waals surface area contributed by atoms with E-state index in [1.807, 2.05) is 0 Å². The summed E-state index contributed by atoms with van der Waals surface area (Å²) in [7, 11) is 0. The van der Waals surface area contributed by atoms with Crippen molar-refractivity contribution in [3.05, 3.63) is 0 Å². The Morgan fingerprint density at radius 3 is 1.50 bits per heavy atom. The first-order valence-electron chi connectivity index (χ1n) is 15.7. The quantitative estimate of drug-likeness (QED) is 0.0653. The number of esters is 1. The molecule has 0 radical (unpaired) electrons. The Morgan fingerprint density at radius 1 is 0.600 bits per heavy atom. The molecule has 0 rings (SSSR count). The van der Waals surface area contributed by atoms with Crippen molar-refractivity contribution in [2.45, 2.75) is 154 Å². The van der Waals surface area contributed by atoms with E-state index in [1.54, 1.807) is 6.92 Å². The second-order valence-corrected chi connectivity index (χ2v) is 10.5. The number of rotatable bonds is 27. The zero-order chi connectivity index (χ0) is 28.3. The van der Waals surface area contributed by atoms with Crippen molar-refractivity contribution in [1.29, 1.82) is 0 Å². The van der Waals surface area contributed by atoms with Crippen LogP contribution < -0.4 is 22.1 Å². The van der Waals surface area contributed by atoms with Crippen LogP contribution in [-0.4, -0.2) is 49.6 Å². The molecule has 0 fully saturated rings. The topological polar surface area (TPSA) is 137 Å². The Labute approximate surface area is 257 Å². The number of hydrogen-bond acceptors (Lipinski definition) is 6. The standard InChI is InChI=1S/C30H60N4O4.2ClH/c1-3-5-6-7-8-9-10-11-12-13-14-15-16-23-28(35)33-26(21-17-19-24-31)29(36)34-27(22-18-20-25-32)30(37)38-4-2;;/h26-27H,3-25,31-32H2,1-2H3,(H,33,35)(H,34,36);2*1H/t26-,27-;;/m0../s1. The summed E-state index contributed by atoms with van der Waals surface area (Å²) in [5, 5.41) is 5.71. The highest BCUT2D eigenvalue weighted by Crippen LogP contribution is 2.13. The largest absolute Gasteiger partial charge is 0.464 e. The van der Waals surface area contributed by atoms with E-state index in [9.17, 15) is 14.4 Å². The van der Waals surface area contributed by atoms with E-state index < -0.39 is 18.1 Å². The molecule has 240 valence electrons. The van der Waals surface area contributed by atoms with Crippen LogP contribution in [0.4, 0.5) is 0 Å². The average molecular weight is 614 g/mol. The van der Waals surface area contributed by atoms with E-state index in [4.69, 9.17) is 16.2 Å². The Morgan fingerprint density at radius 2 is 1.05 bits per heavy atom. The zero-order valence-corrected chi connectivity index (χ0v) is 27.2. The molecule has 2 amide bonds. The predicted molar refractivity (Wildman–Crippen MR) is 171 cm³/mol. The van der Waals surface area contributed by atoms with Gasteiger partial charge in [0, 0.05) is 6.42 Å².